The lowest BCUT2D eigenvalue weighted by Gasteiger charge is -2.32. The molecule has 11 heavy (non-hydrogen) atoms. The third-order valence-electron chi connectivity index (χ3n) is 2.67. The van der Waals surface area contributed by atoms with Crippen molar-refractivity contribution in [3.05, 3.63) is 11.6 Å². The van der Waals surface area contributed by atoms with Gasteiger partial charge in [0.05, 0.1) is 0 Å². The normalized spacial score (nSPS) is 27.4. The second kappa shape index (κ2) is 3.40. The Morgan fingerprint density at radius 3 is 2.64 bits per heavy atom. The number of hydrogen-bond donors (Lipinski definition) is 0. The summed E-state index contributed by atoms with van der Waals surface area (Å²) in [4.78, 5) is 2.43. The maximum atomic E-state index is 2.43. The van der Waals surface area contributed by atoms with E-state index in [0.717, 1.165) is 0 Å². The van der Waals surface area contributed by atoms with Crippen molar-refractivity contribution in [2.45, 2.75) is 33.2 Å². The van der Waals surface area contributed by atoms with Crippen LogP contribution < -0.4 is 0 Å². The Morgan fingerprint density at radius 1 is 1.55 bits per heavy atom. The van der Waals surface area contributed by atoms with Crippen LogP contribution in [0.25, 0.3) is 0 Å². The van der Waals surface area contributed by atoms with E-state index in [-0.39, 0.29) is 0 Å². The van der Waals surface area contributed by atoms with Crippen LogP contribution in [-0.2, 0) is 0 Å². The lowest BCUT2D eigenvalue weighted by atomic mass is 9.92. The Morgan fingerprint density at radius 2 is 2.18 bits per heavy atom. The average Bonchev–Trinajstić information content (AvgIpc) is 1.94. The quantitative estimate of drug-likeness (QED) is 0.522. The van der Waals surface area contributed by atoms with Crippen molar-refractivity contribution in [2.24, 2.45) is 5.92 Å². The molecule has 0 saturated carbocycles. The Balaban J connectivity index is 2.70. The number of rotatable bonds is 1. The molecule has 64 valence electrons. The minimum Gasteiger partial charge on any atom is -0.300 e. The maximum Gasteiger partial charge on any atom is 0.0278 e. The van der Waals surface area contributed by atoms with Crippen LogP contribution in [0.3, 0.4) is 0 Å². The van der Waals surface area contributed by atoms with Crippen LogP contribution in [0.4, 0.5) is 0 Å². The van der Waals surface area contributed by atoms with Gasteiger partial charge in [0.1, 0.15) is 0 Å². The van der Waals surface area contributed by atoms with E-state index in [0.29, 0.717) is 12.0 Å². The molecule has 1 rings (SSSR count). The van der Waals surface area contributed by atoms with Gasteiger partial charge in [0, 0.05) is 12.6 Å². The van der Waals surface area contributed by atoms with Gasteiger partial charge in [-0.05, 0) is 26.3 Å². The van der Waals surface area contributed by atoms with E-state index in [1.807, 2.05) is 0 Å². The molecule has 1 aliphatic rings. The first-order chi connectivity index (χ1) is 5.13. The molecule has 1 atom stereocenters. The van der Waals surface area contributed by atoms with Gasteiger partial charge in [-0.3, -0.25) is 4.90 Å². The van der Waals surface area contributed by atoms with Crippen molar-refractivity contribution >= 4 is 0 Å². The first-order valence-corrected chi connectivity index (χ1v) is 4.53. The van der Waals surface area contributed by atoms with Crippen molar-refractivity contribution in [2.75, 3.05) is 13.6 Å². The molecule has 0 fully saturated rings. The van der Waals surface area contributed by atoms with Crippen LogP contribution >= 0.6 is 0 Å². The van der Waals surface area contributed by atoms with Crippen LogP contribution in [0, 0.1) is 5.92 Å². The monoisotopic (exact) mass is 153 g/mol. The van der Waals surface area contributed by atoms with Gasteiger partial charge in [-0.15, -0.1) is 0 Å². The summed E-state index contributed by atoms with van der Waals surface area (Å²) in [5.74, 6) is 0.716. The number of likely N-dealkylation sites (N-methyl/N-ethyl adjacent to an activating group) is 1. The standard InChI is InChI=1S/C10H19N/c1-8(2)10-6-5-7-11(4)9(10)3/h6,8-9H,5,7H2,1-4H3/t9-/m0/s1. The van der Waals surface area contributed by atoms with Gasteiger partial charge in [0.15, 0.2) is 0 Å². The lowest BCUT2D eigenvalue weighted by molar-refractivity contribution is 0.265. The van der Waals surface area contributed by atoms with Gasteiger partial charge in [-0.2, -0.15) is 0 Å². The van der Waals surface area contributed by atoms with E-state index < -0.39 is 0 Å². The summed E-state index contributed by atoms with van der Waals surface area (Å²) in [5.41, 5.74) is 1.61. The second-order valence-electron chi connectivity index (χ2n) is 3.80. The predicted octanol–water partition coefficient (Wildman–Crippen LogP) is 2.29. The van der Waals surface area contributed by atoms with Gasteiger partial charge >= 0.3 is 0 Å². The minimum absolute atomic E-state index is 0.656. The van der Waals surface area contributed by atoms with Gasteiger partial charge in [0.2, 0.25) is 0 Å². The Kier molecular flexibility index (Phi) is 2.72. The third-order valence-corrected chi connectivity index (χ3v) is 2.67. The van der Waals surface area contributed by atoms with Crippen molar-refractivity contribution < 1.29 is 0 Å². The van der Waals surface area contributed by atoms with Gasteiger partial charge in [-0.25, -0.2) is 0 Å². The molecule has 0 amide bonds. The lowest BCUT2D eigenvalue weighted by Crippen LogP contribution is -2.35. The molecule has 0 N–H and O–H groups in total. The van der Waals surface area contributed by atoms with Gasteiger partial charge < -0.3 is 0 Å². The fourth-order valence-corrected chi connectivity index (χ4v) is 1.77. The van der Waals surface area contributed by atoms with E-state index in [4.69, 9.17) is 0 Å². The summed E-state index contributed by atoms with van der Waals surface area (Å²) in [6, 6.07) is 0.656. The first-order valence-electron chi connectivity index (χ1n) is 4.53. The molecule has 1 nitrogen and oxygen atoms in total. The van der Waals surface area contributed by atoms with E-state index >= 15 is 0 Å². The van der Waals surface area contributed by atoms with Gasteiger partial charge in [-0.1, -0.05) is 25.5 Å². The molecule has 0 aromatic rings. The Bertz CT molecular complexity index is 158. The van der Waals surface area contributed by atoms with Crippen molar-refractivity contribution in [1.82, 2.24) is 4.90 Å². The van der Waals surface area contributed by atoms with Gasteiger partial charge in [0.25, 0.3) is 0 Å². The fraction of sp³-hybridized carbons (Fsp3) is 0.800. The van der Waals surface area contributed by atoms with Crippen molar-refractivity contribution in [1.29, 1.82) is 0 Å². The highest BCUT2D eigenvalue weighted by Crippen LogP contribution is 2.22. The zero-order chi connectivity index (χ0) is 8.43. The summed E-state index contributed by atoms with van der Waals surface area (Å²) in [6.45, 7) is 8.07. The zero-order valence-corrected chi connectivity index (χ0v) is 8.09. The maximum absolute atomic E-state index is 2.43. The highest BCUT2D eigenvalue weighted by molar-refractivity contribution is 5.15. The summed E-state index contributed by atoms with van der Waals surface area (Å²) in [5, 5.41) is 0. The molecular weight excluding hydrogens is 134 g/mol. The highest BCUT2D eigenvalue weighted by Gasteiger charge is 2.19. The summed E-state index contributed by atoms with van der Waals surface area (Å²) >= 11 is 0. The topological polar surface area (TPSA) is 3.24 Å². The van der Waals surface area contributed by atoms with Crippen LogP contribution in [0.2, 0.25) is 0 Å². The third kappa shape index (κ3) is 1.84. The summed E-state index contributed by atoms with van der Waals surface area (Å²) < 4.78 is 0. The van der Waals surface area contributed by atoms with E-state index in [1.165, 1.54) is 13.0 Å². The van der Waals surface area contributed by atoms with Crippen molar-refractivity contribution in [3.8, 4) is 0 Å². The molecule has 0 spiro atoms. The second-order valence-corrected chi connectivity index (χ2v) is 3.80. The van der Waals surface area contributed by atoms with Crippen LogP contribution in [0.15, 0.2) is 11.6 Å². The Hall–Kier alpha value is -0.300. The SMILES string of the molecule is CC(C)C1=CCCN(C)[C@H]1C. The molecule has 1 heterocycles. The molecule has 1 aliphatic heterocycles. The smallest absolute Gasteiger partial charge is 0.0278 e. The molecule has 0 saturated heterocycles. The number of nitrogens with zero attached hydrogens (tertiary/aromatic N) is 1. The van der Waals surface area contributed by atoms with E-state index in [1.54, 1.807) is 5.57 Å². The summed E-state index contributed by atoms with van der Waals surface area (Å²) in [7, 11) is 2.21. The summed E-state index contributed by atoms with van der Waals surface area (Å²) in [6.07, 6.45) is 3.64. The first kappa shape index (κ1) is 8.79. The van der Waals surface area contributed by atoms with E-state index in [9.17, 15) is 0 Å². The Labute approximate surface area is 70.1 Å². The van der Waals surface area contributed by atoms with Crippen LogP contribution in [0.5, 0.6) is 0 Å². The molecule has 0 aliphatic carbocycles. The van der Waals surface area contributed by atoms with Crippen LogP contribution in [-0.4, -0.2) is 24.5 Å². The molecule has 0 unspecified atom stereocenters. The number of hydrogen-bond acceptors (Lipinski definition) is 1. The van der Waals surface area contributed by atoms with Crippen molar-refractivity contribution in [3.63, 3.8) is 0 Å². The molecular formula is C10H19N. The molecule has 0 aromatic heterocycles. The molecule has 0 aromatic carbocycles. The zero-order valence-electron chi connectivity index (χ0n) is 8.09. The van der Waals surface area contributed by atoms with Crippen LogP contribution in [0.1, 0.15) is 27.2 Å². The minimum atomic E-state index is 0.656. The largest absolute Gasteiger partial charge is 0.300 e. The highest BCUT2D eigenvalue weighted by atomic mass is 15.1. The molecule has 1 heteroatoms. The fourth-order valence-electron chi connectivity index (χ4n) is 1.77. The van der Waals surface area contributed by atoms with E-state index in [2.05, 4.69) is 38.8 Å². The predicted molar refractivity (Wildman–Crippen MR) is 49.6 cm³/mol. The molecule has 0 radical (unpaired) electrons. The average molecular weight is 153 g/mol. The molecule has 0 bridgehead atoms.